The van der Waals surface area contributed by atoms with Crippen molar-refractivity contribution in [3.63, 3.8) is 0 Å². The Bertz CT molecular complexity index is 279. The molecule has 0 radical (unpaired) electrons. The summed E-state index contributed by atoms with van der Waals surface area (Å²) < 4.78 is 0. The van der Waals surface area contributed by atoms with Gasteiger partial charge in [-0.25, -0.2) is 0 Å². The highest BCUT2D eigenvalue weighted by atomic mass is 35.5. The van der Waals surface area contributed by atoms with Crippen LogP contribution in [0.15, 0.2) is 33.9 Å². The highest BCUT2D eigenvalue weighted by molar-refractivity contribution is 6.32. The Hall–Kier alpha value is -0.490. The lowest BCUT2D eigenvalue weighted by Crippen LogP contribution is -1.88. The summed E-state index contributed by atoms with van der Waals surface area (Å²) in [6.07, 6.45) is 7.44. The van der Waals surface area contributed by atoms with Crippen LogP contribution in [0, 0.1) is 0 Å². The summed E-state index contributed by atoms with van der Waals surface area (Å²) in [6.45, 7) is 6.54. The summed E-state index contributed by atoms with van der Waals surface area (Å²) in [6, 6.07) is 0. The van der Waals surface area contributed by atoms with Gasteiger partial charge in [0.2, 0.25) is 0 Å². The summed E-state index contributed by atoms with van der Waals surface area (Å²) >= 11 is 6.16. The summed E-state index contributed by atoms with van der Waals surface area (Å²) in [5.74, 6) is 0. The van der Waals surface area contributed by atoms with Gasteiger partial charge in [0.1, 0.15) is 0 Å². The fourth-order valence-electron chi connectivity index (χ4n) is 1.72. The first-order chi connectivity index (χ1) is 6.19. The second-order valence-corrected chi connectivity index (χ2v) is 3.89. The molecule has 0 atom stereocenters. The summed E-state index contributed by atoms with van der Waals surface area (Å²) in [4.78, 5) is 0. The molecule has 0 heterocycles. The normalized spacial score (nSPS) is 18.2. The zero-order valence-electron chi connectivity index (χ0n) is 8.65. The van der Waals surface area contributed by atoms with E-state index in [9.17, 15) is 0 Å². The van der Waals surface area contributed by atoms with Crippen molar-refractivity contribution in [1.82, 2.24) is 0 Å². The minimum Gasteiger partial charge on any atom is -0.0840 e. The van der Waals surface area contributed by atoms with Crippen molar-refractivity contribution in [2.24, 2.45) is 0 Å². The van der Waals surface area contributed by atoms with Gasteiger partial charge in [0, 0.05) is 5.03 Å². The number of hydrogen-bond acceptors (Lipinski definition) is 0. The molecule has 13 heavy (non-hydrogen) atoms. The molecule has 72 valence electrons. The van der Waals surface area contributed by atoms with Crippen molar-refractivity contribution in [2.75, 3.05) is 0 Å². The minimum absolute atomic E-state index is 0.920. The van der Waals surface area contributed by atoms with E-state index in [1.807, 2.05) is 6.08 Å². The number of allylic oxidation sites excluding steroid dienone is 6. The molecule has 0 saturated carbocycles. The Morgan fingerprint density at radius 3 is 2.46 bits per heavy atom. The van der Waals surface area contributed by atoms with E-state index in [0.717, 1.165) is 24.3 Å². The molecule has 0 fully saturated rings. The van der Waals surface area contributed by atoms with Crippen molar-refractivity contribution in [1.29, 1.82) is 0 Å². The van der Waals surface area contributed by atoms with Gasteiger partial charge in [-0.1, -0.05) is 42.7 Å². The van der Waals surface area contributed by atoms with Crippen LogP contribution in [0.5, 0.6) is 0 Å². The Kier molecular flexibility index (Phi) is 3.80. The smallest absolute Gasteiger partial charge is 0.0437 e. The lowest BCUT2D eigenvalue weighted by atomic mass is 10.0. The molecule has 0 aliphatic heterocycles. The van der Waals surface area contributed by atoms with Gasteiger partial charge in [-0.05, 0) is 37.8 Å². The molecular weight excluding hydrogens is 180 g/mol. The Labute approximate surface area is 86.0 Å². The lowest BCUT2D eigenvalue weighted by molar-refractivity contribution is 0.967. The van der Waals surface area contributed by atoms with Gasteiger partial charge >= 0.3 is 0 Å². The van der Waals surface area contributed by atoms with Gasteiger partial charge in [0.05, 0.1) is 0 Å². The zero-order chi connectivity index (χ0) is 9.84. The second-order valence-electron chi connectivity index (χ2n) is 3.48. The molecule has 1 aliphatic rings. The average Bonchev–Trinajstić information content (AvgIpc) is 2.25. The van der Waals surface area contributed by atoms with Crippen LogP contribution in [-0.4, -0.2) is 0 Å². The SMILES string of the molecule is CCC1=CC=C(Cl)C(CC)=C(C)C1. The maximum atomic E-state index is 6.16. The van der Waals surface area contributed by atoms with E-state index >= 15 is 0 Å². The average molecular weight is 197 g/mol. The van der Waals surface area contributed by atoms with Gasteiger partial charge in [0.15, 0.2) is 0 Å². The molecule has 0 aromatic heterocycles. The molecule has 0 spiro atoms. The first-order valence-corrected chi connectivity index (χ1v) is 5.31. The summed E-state index contributed by atoms with van der Waals surface area (Å²) in [5, 5.41) is 0.920. The van der Waals surface area contributed by atoms with Crippen molar-refractivity contribution in [3.8, 4) is 0 Å². The van der Waals surface area contributed by atoms with E-state index in [0.29, 0.717) is 0 Å². The van der Waals surface area contributed by atoms with Gasteiger partial charge in [-0.15, -0.1) is 0 Å². The largest absolute Gasteiger partial charge is 0.0840 e. The van der Waals surface area contributed by atoms with Crippen LogP contribution in [0.4, 0.5) is 0 Å². The van der Waals surface area contributed by atoms with Crippen molar-refractivity contribution in [2.45, 2.75) is 40.0 Å². The summed E-state index contributed by atoms with van der Waals surface area (Å²) in [5.41, 5.74) is 4.22. The predicted octanol–water partition coefficient (Wildman–Crippen LogP) is 4.58. The molecule has 0 unspecified atom stereocenters. The van der Waals surface area contributed by atoms with Crippen LogP contribution in [0.3, 0.4) is 0 Å². The van der Waals surface area contributed by atoms with Crippen LogP contribution in [0.25, 0.3) is 0 Å². The van der Waals surface area contributed by atoms with Crippen molar-refractivity contribution < 1.29 is 0 Å². The molecule has 1 rings (SSSR count). The zero-order valence-corrected chi connectivity index (χ0v) is 9.41. The van der Waals surface area contributed by atoms with E-state index in [4.69, 9.17) is 11.6 Å². The number of hydrogen-bond donors (Lipinski definition) is 0. The Morgan fingerprint density at radius 2 is 1.92 bits per heavy atom. The van der Waals surface area contributed by atoms with E-state index in [2.05, 4.69) is 26.8 Å². The fraction of sp³-hybridized carbons (Fsp3) is 0.500. The van der Waals surface area contributed by atoms with Crippen LogP contribution in [-0.2, 0) is 0 Å². The van der Waals surface area contributed by atoms with Crippen molar-refractivity contribution >= 4 is 11.6 Å². The highest BCUT2D eigenvalue weighted by Gasteiger charge is 2.08. The van der Waals surface area contributed by atoms with E-state index in [1.165, 1.54) is 16.7 Å². The third kappa shape index (κ3) is 2.47. The van der Waals surface area contributed by atoms with Gasteiger partial charge in [-0.2, -0.15) is 0 Å². The highest BCUT2D eigenvalue weighted by Crippen LogP contribution is 2.29. The first kappa shape index (κ1) is 10.6. The molecule has 1 aliphatic carbocycles. The second kappa shape index (κ2) is 4.66. The number of halogens is 1. The monoisotopic (exact) mass is 196 g/mol. The fourth-order valence-corrected chi connectivity index (χ4v) is 2.07. The molecular formula is C12H17Cl. The van der Waals surface area contributed by atoms with Crippen LogP contribution in [0.2, 0.25) is 0 Å². The third-order valence-electron chi connectivity index (χ3n) is 2.57. The number of rotatable bonds is 2. The van der Waals surface area contributed by atoms with Gasteiger partial charge < -0.3 is 0 Å². The van der Waals surface area contributed by atoms with E-state index in [-0.39, 0.29) is 0 Å². The third-order valence-corrected chi connectivity index (χ3v) is 2.92. The van der Waals surface area contributed by atoms with Gasteiger partial charge in [-0.3, -0.25) is 0 Å². The van der Waals surface area contributed by atoms with E-state index < -0.39 is 0 Å². The molecule has 0 N–H and O–H groups in total. The Balaban J connectivity index is 3.01. The predicted molar refractivity (Wildman–Crippen MR) is 59.9 cm³/mol. The lowest BCUT2D eigenvalue weighted by Gasteiger charge is -2.07. The maximum absolute atomic E-state index is 6.16. The Morgan fingerprint density at radius 1 is 1.23 bits per heavy atom. The molecule has 0 aromatic rings. The molecule has 0 amide bonds. The van der Waals surface area contributed by atoms with Crippen LogP contribution < -0.4 is 0 Å². The first-order valence-electron chi connectivity index (χ1n) is 4.93. The molecule has 0 aromatic carbocycles. The van der Waals surface area contributed by atoms with Gasteiger partial charge in [0.25, 0.3) is 0 Å². The molecule has 1 heteroatoms. The summed E-state index contributed by atoms with van der Waals surface area (Å²) in [7, 11) is 0. The molecule has 0 bridgehead atoms. The van der Waals surface area contributed by atoms with E-state index in [1.54, 1.807) is 0 Å². The van der Waals surface area contributed by atoms with Crippen molar-refractivity contribution in [3.05, 3.63) is 33.9 Å². The minimum atomic E-state index is 0.920. The van der Waals surface area contributed by atoms with Crippen LogP contribution in [0.1, 0.15) is 40.0 Å². The molecule has 0 nitrogen and oxygen atoms in total. The topological polar surface area (TPSA) is 0 Å². The quantitative estimate of drug-likeness (QED) is 0.607. The maximum Gasteiger partial charge on any atom is 0.0437 e. The standard InChI is InChI=1S/C12H17Cl/c1-4-10-6-7-12(13)11(5-2)9(3)8-10/h6-7H,4-5,8H2,1-3H3. The van der Waals surface area contributed by atoms with Crippen LogP contribution >= 0.6 is 11.6 Å². The molecule has 0 saturated heterocycles.